The predicted molar refractivity (Wildman–Crippen MR) is 60.9 cm³/mol. The van der Waals surface area contributed by atoms with E-state index in [1.54, 1.807) is 6.92 Å². The number of sulfonamides is 1. The zero-order valence-electron chi connectivity index (χ0n) is 9.48. The number of hydrogen-bond donors (Lipinski definition) is 2. The van der Waals surface area contributed by atoms with E-state index in [0.717, 1.165) is 6.07 Å². The highest BCUT2D eigenvalue weighted by Gasteiger charge is 2.15. The van der Waals surface area contributed by atoms with Crippen molar-refractivity contribution >= 4 is 15.9 Å². The third-order valence-corrected chi connectivity index (χ3v) is 3.11. The summed E-state index contributed by atoms with van der Waals surface area (Å²) in [6, 6.07) is 3.69. The molecule has 0 aliphatic heterocycles. The summed E-state index contributed by atoms with van der Waals surface area (Å²) in [7, 11) is -3.94. The van der Waals surface area contributed by atoms with Crippen molar-refractivity contribution in [3.8, 4) is 0 Å². The van der Waals surface area contributed by atoms with Crippen molar-refractivity contribution in [1.82, 2.24) is 5.32 Å². The molecule has 3 N–H and O–H groups in total. The van der Waals surface area contributed by atoms with Crippen LogP contribution in [-0.4, -0.2) is 27.3 Å². The summed E-state index contributed by atoms with van der Waals surface area (Å²) in [4.78, 5) is 11.3. The van der Waals surface area contributed by atoms with E-state index < -0.39 is 28.9 Å². The second-order valence-electron chi connectivity index (χ2n) is 3.62. The molecule has 1 rings (SSSR count). The van der Waals surface area contributed by atoms with Crippen LogP contribution in [0.3, 0.4) is 0 Å². The van der Waals surface area contributed by atoms with Crippen LogP contribution >= 0.6 is 0 Å². The Labute approximate surface area is 103 Å². The first kappa shape index (κ1) is 14.5. The van der Waals surface area contributed by atoms with E-state index in [-0.39, 0.29) is 10.5 Å². The molecule has 0 aliphatic carbocycles. The van der Waals surface area contributed by atoms with Gasteiger partial charge in [-0.3, -0.25) is 4.79 Å². The molecule has 0 spiro atoms. The molecule has 0 saturated heterocycles. The molecule has 5 nitrogen and oxygen atoms in total. The molecule has 0 unspecified atom stereocenters. The van der Waals surface area contributed by atoms with Crippen molar-refractivity contribution in [3.63, 3.8) is 0 Å². The molecule has 0 bridgehead atoms. The van der Waals surface area contributed by atoms with E-state index in [4.69, 9.17) is 5.14 Å². The molecule has 0 radical (unpaired) electrons. The Morgan fingerprint density at radius 1 is 1.44 bits per heavy atom. The van der Waals surface area contributed by atoms with Crippen LogP contribution in [0.5, 0.6) is 0 Å². The van der Waals surface area contributed by atoms with Crippen LogP contribution in [0.15, 0.2) is 23.1 Å². The number of benzene rings is 1. The minimum absolute atomic E-state index is 0.00201. The summed E-state index contributed by atoms with van der Waals surface area (Å²) >= 11 is 0. The molecule has 0 aliphatic rings. The number of rotatable bonds is 4. The normalized spacial score (nSPS) is 11.6. The topological polar surface area (TPSA) is 89.3 Å². The Morgan fingerprint density at radius 3 is 2.56 bits per heavy atom. The fourth-order valence-corrected chi connectivity index (χ4v) is 1.83. The van der Waals surface area contributed by atoms with Gasteiger partial charge in [0.05, 0.1) is 11.4 Å². The summed E-state index contributed by atoms with van der Waals surface area (Å²) in [5, 5.41) is 6.91. The number of nitrogens with one attached hydrogen (secondary N) is 1. The molecule has 1 amide bonds. The number of primary sulfonamides is 1. The van der Waals surface area contributed by atoms with Gasteiger partial charge in [0.25, 0.3) is 12.3 Å². The zero-order chi connectivity index (χ0) is 13.9. The van der Waals surface area contributed by atoms with E-state index in [1.807, 2.05) is 5.32 Å². The third-order valence-electron chi connectivity index (χ3n) is 2.20. The molecular weight excluding hydrogens is 266 g/mol. The fraction of sp³-hybridized carbons (Fsp3) is 0.300. The highest BCUT2D eigenvalue weighted by molar-refractivity contribution is 7.89. The van der Waals surface area contributed by atoms with Gasteiger partial charge in [0, 0.05) is 5.56 Å². The van der Waals surface area contributed by atoms with Crippen LogP contribution in [-0.2, 0) is 10.0 Å². The lowest BCUT2D eigenvalue weighted by atomic mass is 10.1. The van der Waals surface area contributed by atoms with Crippen molar-refractivity contribution in [3.05, 3.63) is 29.3 Å². The average Bonchev–Trinajstić information content (AvgIpc) is 2.24. The maximum Gasteiger partial charge on any atom is 0.255 e. The first-order valence-electron chi connectivity index (χ1n) is 4.91. The van der Waals surface area contributed by atoms with Crippen LogP contribution in [0.1, 0.15) is 15.9 Å². The summed E-state index contributed by atoms with van der Waals surface area (Å²) < 4.78 is 46.1. The molecular formula is C10H12F2N2O3S. The molecule has 0 aromatic heterocycles. The number of amides is 1. The van der Waals surface area contributed by atoms with Crippen molar-refractivity contribution in [1.29, 1.82) is 0 Å². The molecule has 0 fully saturated rings. The SMILES string of the molecule is Cc1ccc(S(N)(=O)=O)cc1C(=O)NCC(F)F. The van der Waals surface area contributed by atoms with Gasteiger partial charge >= 0.3 is 0 Å². The van der Waals surface area contributed by atoms with E-state index >= 15 is 0 Å². The van der Waals surface area contributed by atoms with Crippen LogP contribution in [0.2, 0.25) is 0 Å². The highest BCUT2D eigenvalue weighted by atomic mass is 32.2. The van der Waals surface area contributed by atoms with Gasteiger partial charge in [-0.2, -0.15) is 0 Å². The lowest BCUT2D eigenvalue weighted by molar-refractivity contribution is 0.0891. The molecule has 100 valence electrons. The first-order chi connectivity index (χ1) is 8.21. The molecule has 18 heavy (non-hydrogen) atoms. The van der Waals surface area contributed by atoms with Crippen molar-refractivity contribution < 1.29 is 22.0 Å². The number of carbonyl (C=O) groups excluding carboxylic acids is 1. The van der Waals surface area contributed by atoms with Gasteiger partial charge in [-0.25, -0.2) is 22.3 Å². The van der Waals surface area contributed by atoms with Crippen LogP contribution in [0.4, 0.5) is 8.78 Å². The number of hydrogen-bond acceptors (Lipinski definition) is 3. The van der Waals surface area contributed by atoms with Crippen molar-refractivity contribution in [2.24, 2.45) is 5.14 Å². The van der Waals surface area contributed by atoms with Gasteiger partial charge in [0.15, 0.2) is 0 Å². The Bertz CT molecular complexity index is 558. The van der Waals surface area contributed by atoms with Crippen LogP contribution in [0.25, 0.3) is 0 Å². The van der Waals surface area contributed by atoms with Crippen molar-refractivity contribution in [2.45, 2.75) is 18.2 Å². The first-order valence-corrected chi connectivity index (χ1v) is 6.46. The smallest absolute Gasteiger partial charge is 0.255 e. The summed E-state index contributed by atoms with van der Waals surface area (Å²) in [5.74, 6) is -0.765. The molecule has 0 saturated carbocycles. The number of carbonyl (C=O) groups is 1. The maximum absolute atomic E-state index is 11.9. The molecule has 0 atom stereocenters. The highest BCUT2D eigenvalue weighted by Crippen LogP contribution is 2.14. The predicted octanol–water partition coefficient (Wildman–Crippen LogP) is 0.637. The van der Waals surface area contributed by atoms with Gasteiger partial charge in [-0.05, 0) is 24.6 Å². The monoisotopic (exact) mass is 278 g/mol. The quantitative estimate of drug-likeness (QED) is 0.846. The zero-order valence-corrected chi connectivity index (χ0v) is 10.3. The standard InChI is InChI=1S/C10H12F2N2O3S/c1-6-2-3-7(18(13,16)17)4-8(6)10(15)14-5-9(11)12/h2-4,9H,5H2,1H3,(H,14,15)(H2,13,16,17). The van der Waals surface area contributed by atoms with Gasteiger partial charge in [-0.15, -0.1) is 0 Å². The number of nitrogens with two attached hydrogens (primary N) is 1. The van der Waals surface area contributed by atoms with Crippen molar-refractivity contribution in [2.75, 3.05) is 6.54 Å². The van der Waals surface area contributed by atoms with E-state index in [2.05, 4.69) is 0 Å². The minimum Gasteiger partial charge on any atom is -0.346 e. The molecule has 1 aromatic rings. The minimum atomic E-state index is -3.94. The maximum atomic E-state index is 11.9. The molecule has 0 heterocycles. The van der Waals surface area contributed by atoms with Gasteiger partial charge in [0.1, 0.15) is 0 Å². The Balaban J connectivity index is 3.05. The van der Waals surface area contributed by atoms with Gasteiger partial charge in [0.2, 0.25) is 10.0 Å². The molecule has 1 aromatic carbocycles. The molecule has 8 heteroatoms. The summed E-state index contributed by atoms with van der Waals surface area (Å²) in [5.41, 5.74) is 0.469. The van der Waals surface area contributed by atoms with E-state index in [0.29, 0.717) is 5.56 Å². The number of alkyl halides is 2. The second-order valence-corrected chi connectivity index (χ2v) is 5.18. The van der Waals surface area contributed by atoms with Crippen LogP contribution in [0, 0.1) is 6.92 Å². The third kappa shape index (κ3) is 3.74. The largest absolute Gasteiger partial charge is 0.346 e. The van der Waals surface area contributed by atoms with Crippen LogP contribution < -0.4 is 10.5 Å². The Hall–Kier alpha value is -1.54. The summed E-state index contributed by atoms with van der Waals surface area (Å²) in [6.45, 7) is 0.766. The summed E-state index contributed by atoms with van der Waals surface area (Å²) in [6.07, 6.45) is -2.67. The second kappa shape index (κ2) is 5.40. The van der Waals surface area contributed by atoms with Gasteiger partial charge < -0.3 is 5.32 Å². The Kier molecular flexibility index (Phi) is 4.36. The average molecular weight is 278 g/mol. The lowest BCUT2D eigenvalue weighted by Gasteiger charge is -2.08. The van der Waals surface area contributed by atoms with Gasteiger partial charge in [-0.1, -0.05) is 6.07 Å². The number of aryl methyl sites for hydroxylation is 1. The van der Waals surface area contributed by atoms with E-state index in [1.165, 1.54) is 12.1 Å². The fourth-order valence-electron chi connectivity index (χ4n) is 1.29. The van der Waals surface area contributed by atoms with E-state index in [9.17, 15) is 22.0 Å². The number of halogens is 2. The Morgan fingerprint density at radius 2 is 2.06 bits per heavy atom. The lowest BCUT2D eigenvalue weighted by Crippen LogP contribution is -2.29.